The first-order valence-electron chi connectivity index (χ1n) is 8.21. The lowest BCUT2D eigenvalue weighted by atomic mass is 9.99. The number of thioether (sulfide) groups is 1. The van der Waals surface area contributed by atoms with Crippen LogP contribution < -0.4 is 0 Å². The largest absolute Gasteiger partial charge is 0.380 e. The number of hydrogen-bond donors (Lipinski definition) is 0. The minimum Gasteiger partial charge on any atom is -0.380 e. The summed E-state index contributed by atoms with van der Waals surface area (Å²) < 4.78 is 10.9. The van der Waals surface area contributed by atoms with Crippen molar-refractivity contribution in [3.63, 3.8) is 0 Å². The van der Waals surface area contributed by atoms with Crippen molar-refractivity contribution in [2.24, 2.45) is 0 Å². The summed E-state index contributed by atoms with van der Waals surface area (Å²) in [5.41, 5.74) is 0.906. The lowest BCUT2D eigenvalue weighted by Crippen LogP contribution is -2.54. The van der Waals surface area contributed by atoms with Gasteiger partial charge in [0.1, 0.15) is 0 Å². The fraction of sp³-hybridized carbons (Fsp3) is 0.750. The van der Waals surface area contributed by atoms with E-state index < -0.39 is 0 Å². The fourth-order valence-electron chi connectivity index (χ4n) is 3.37. The smallest absolute Gasteiger partial charge is 0.292 e. The van der Waals surface area contributed by atoms with E-state index in [4.69, 9.17) is 9.26 Å². The SMILES string of the molecule is CCC(CC)c1cc(C(=O)N2CCSC3COCCC32)on1. The van der Waals surface area contributed by atoms with Crippen molar-refractivity contribution in [1.29, 1.82) is 0 Å². The van der Waals surface area contributed by atoms with Gasteiger partial charge in [0.25, 0.3) is 5.91 Å². The molecule has 2 fully saturated rings. The second-order valence-corrected chi connectivity index (χ2v) is 7.32. The van der Waals surface area contributed by atoms with Crippen LogP contribution in [0.4, 0.5) is 0 Å². The molecule has 3 heterocycles. The Morgan fingerprint density at radius 3 is 3.09 bits per heavy atom. The first-order valence-corrected chi connectivity index (χ1v) is 9.26. The molecule has 0 aromatic carbocycles. The van der Waals surface area contributed by atoms with E-state index in [0.29, 0.717) is 16.9 Å². The number of carbonyl (C=O) groups is 1. The Balaban J connectivity index is 1.75. The fourth-order valence-corrected chi connectivity index (χ4v) is 4.67. The molecule has 1 aromatic heterocycles. The Hall–Kier alpha value is -1.01. The van der Waals surface area contributed by atoms with Gasteiger partial charge in [-0.15, -0.1) is 0 Å². The minimum atomic E-state index is -0.0121. The van der Waals surface area contributed by atoms with Gasteiger partial charge in [-0.1, -0.05) is 19.0 Å². The molecule has 0 radical (unpaired) electrons. The molecule has 0 N–H and O–H groups in total. The monoisotopic (exact) mass is 324 g/mol. The molecule has 2 saturated heterocycles. The molecular formula is C16H24N2O3S. The van der Waals surface area contributed by atoms with E-state index >= 15 is 0 Å². The van der Waals surface area contributed by atoms with Crippen molar-refractivity contribution >= 4 is 17.7 Å². The van der Waals surface area contributed by atoms with Crippen molar-refractivity contribution in [1.82, 2.24) is 10.1 Å². The van der Waals surface area contributed by atoms with Gasteiger partial charge in [-0.05, 0) is 19.3 Å². The highest BCUT2D eigenvalue weighted by atomic mass is 32.2. The third-order valence-corrected chi connectivity index (χ3v) is 6.03. The average Bonchev–Trinajstić information content (AvgIpc) is 3.05. The lowest BCUT2D eigenvalue weighted by Gasteiger charge is -2.42. The quantitative estimate of drug-likeness (QED) is 0.852. The third kappa shape index (κ3) is 3.04. The summed E-state index contributed by atoms with van der Waals surface area (Å²) in [5, 5.41) is 4.52. The number of nitrogens with zero attached hydrogens (tertiary/aromatic N) is 2. The average molecular weight is 324 g/mol. The van der Waals surface area contributed by atoms with Gasteiger partial charge < -0.3 is 14.2 Å². The second kappa shape index (κ2) is 7.04. The van der Waals surface area contributed by atoms with Gasteiger partial charge in [0.05, 0.1) is 12.3 Å². The predicted octanol–water partition coefficient (Wildman–Crippen LogP) is 2.92. The van der Waals surface area contributed by atoms with Gasteiger partial charge in [-0.3, -0.25) is 4.79 Å². The van der Waals surface area contributed by atoms with Crippen molar-refractivity contribution < 1.29 is 14.1 Å². The molecule has 1 aromatic rings. The molecule has 2 aliphatic heterocycles. The van der Waals surface area contributed by atoms with Crippen LogP contribution in [-0.4, -0.2) is 52.8 Å². The van der Waals surface area contributed by atoms with E-state index in [1.54, 1.807) is 0 Å². The molecule has 0 bridgehead atoms. The summed E-state index contributed by atoms with van der Waals surface area (Å²) in [4.78, 5) is 14.8. The summed E-state index contributed by atoms with van der Waals surface area (Å²) in [6.07, 6.45) is 2.94. The minimum absolute atomic E-state index is 0.0121. The Bertz CT molecular complexity index is 513. The molecule has 6 heteroatoms. The van der Waals surface area contributed by atoms with Crippen molar-refractivity contribution in [2.75, 3.05) is 25.5 Å². The van der Waals surface area contributed by atoms with E-state index in [0.717, 1.165) is 50.5 Å². The summed E-state index contributed by atoms with van der Waals surface area (Å²) in [6.45, 7) is 6.54. The van der Waals surface area contributed by atoms with Crippen LogP contribution in [0.15, 0.2) is 10.6 Å². The van der Waals surface area contributed by atoms with Crippen LogP contribution in [0, 0.1) is 0 Å². The Kier molecular flexibility index (Phi) is 5.08. The number of aromatic nitrogens is 1. The maximum absolute atomic E-state index is 12.8. The van der Waals surface area contributed by atoms with Crippen molar-refractivity contribution in [3.05, 3.63) is 17.5 Å². The van der Waals surface area contributed by atoms with Gasteiger partial charge in [0, 0.05) is 42.2 Å². The lowest BCUT2D eigenvalue weighted by molar-refractivity contribution is 0.0296. The zero-order valence-electron chi connectivity index (χ0n) is 13.3. The summed E-state index contributed by atoms with van der Waals surface area (Å²) in [6, 6.07) is 2.11. The van der Waals surface area contributed by atoms with E-state index in [9.17, 15) is 4.79 Å². The number of hydrogen-bond acceptors (Lipinski definition) is 5. The van der Waals surface area contributed by atoms with Crippen molar-refractivity contribution in [2.45, 2.75) is 50.3 Å². The Morgan fingerprint density at radius 1 is 1.50 bits per heavy atom. The summed E-state index contributed by atoms with van der Waals surface area (Å²) in [5.74, 6) is 1.71. The van der Waals surface area contributed by atoms with Crippen molar-refractivity contribution in [3.8, 4) is 0 Å². The predicted molar refractivity (Wildman–Crippen MR) is 86.3 cm³/mol. The maximum Gasteiger partial charge on any atom is 0.292 e. The van der Waals surface area contributed by atoms with E-state index in [1.165, 1.54) is 0 Å². The van der Waals surface area contributed by atoms with Crippen LogP contribution >= 0.6 is 11.8 Å². The number of amides is 1. The molecule has 0 aliphatic carbocycles. The molecule has 5 nitrogen and oxygen atoms in total. The van der Waals surface area contributed by atoms with Crippen LogP contribution in [0.5, 0.6) is 0 Å². The second-order valence-electron chi connectivity index (χ2n) is 5.97. The first-order chi connectivity index (χ1) is 10.7. The van der Waals surface area contributed by atoms with Gasteiger partial charge >= 0.3 is 0 Å². The topological polar surface area (TPSA) is 55.6 Å². The number of carbonyl (C=O) groups excluding carboxylic acids is 1. The molecule has 2 aliphatic rings. The number of fused-ring (bicyclic) bond motifs is 1. The van der Waals surface area contributed by atoms with Crippen LogP contribution in [0.3, 0.4) is 0 Å². The number of ether oxygens (including phenoxy) is 1. The van der Waals surface area contributed by atoms with E-state index in [2.05, 4.69) is 19.0 Å². The molecule has 1 amide bonds. The van der Waals surface area contributed by atoms with Crippen LogP contribution in [0.2, 0.25) is 0 Å². The highest BCUT2D eigenvalue weighted by Crippen LogP contribution is 2.31. The molecule has 2 atom stereocenters. The molecular weight excluding hydrogens is 300 g/mol. The first kappa shape index (κ1) is 15.9. The molecule has 22 heavy (non-hydrogen) atoms. The standard InChI is InChI=1S/C16H24N2O3S/c1-3-11(4-2)12-9-14(21-17-12)16(19)18-6-8-22-15-10-20-7-5-13(15)18/h9,11,13,15H,3-8,10H2,1-2H3. The molecule has 0 saturated carbocycles. The van der Waals surface area contributed by atoms with Crippen LogP contribution in [0.25, 0.3) is 0 Å². The Morgan fingerprint density at radius 2 is 2.32 bits per heavy atom. The zero-order valence-corrected chi connectivity index (χ0v) is 14.1. The van der Waals surface area contributed by atoms with E-state index in [1.807, 2.05) is 22.7 Å². The van der Waals surface area contributed by atoms with Gasteiger partial charge in [-0.2, -0.15) is 11.8 Å². The third-order valence-electron chi connectivity index (χ3n) is 4.74. The zero-order chi connectivity index (χ0) is 15.5. The van der Waals surface area contributed by atoms with Crippen LogP contribution in [0.1, 0.15) is 55.3 Å². The van der Waals surface area contributed by atoms with E-state index in [-0.39, 0.29) is 11.9 Å². The van der Waals surface area contributed by atoms with Gasteiger partial charge in [-0.25, -0.2) is 0 Å². The summed E-state index contributed by atoms with van der Waals surface area (Å²) >= 11 is 1.92. The molecule has 122 valence electrons. The molecule has 3 rings (SSSR count). The summed E-state index contributed by atoms with van der Waals surface area (Å²) in [7, 11) is 0. The van der Waals surface area contributed by atoms with Gasteiger partial charge in [0.15, 0.2) is 0 Å². The molecule has 2 unspecified atom stereocenters. The Labute approximate surface area is 135 Å². The normalized spacial score (nSPS) is 25.3. The van der Waals surface area contributed by atoms with Gasteiger partial charge in [0.2, 0.25) is 5.76 Å². The van der Waals surface area contributed by atoms with Crippen LogP contribution in [-0.2, 0) is 4.74 Å². The maximum atomic E-state index is 12.8. The highest BCUT2D eigenvalue weighted by Gasteiger charge is 2.38. The number of rotatable bonds is 4. The molecule has 0 spiro atoms. The highest BCUT2D eigenvalue weighted by molar-refractivity contribution is 8.00.